The first-order chi connectivity index (χ1) is 13.9. The lowest BCUT2D eigenvalue weighted by molar-refractivity contribution is -0.141. The van der Waals surface area contributed by atoms with Crippen molar-refractivity contribution in [1.29, 1.82) is 0 Å². The Balaban J connectivity index is 1.98. The van der Waals surface area contributed by atoms with Gasteiger partial charge in [-0.1, -0.05) is 37.3 Å². The second-order valence-electron chi connectivity index (χ2n) is 8.26. The van der Waals surface area contributed by atoms with Gasteiger partial charge < -0.3 is 10.2 Å². The van der Waals surface area contributed by atoms with Crippen LogP contribution in [-0.4, -0.2) is 40.8 Å². The Morgan fingerprint density at radius 2 is 2.00 bits per heavy atom. The number of likely N-dealkylation sites (tertiary alicyclic amines) is 1. The summed E-state index contributed by atoms with van der Waals surface area (Å²) in [6.45, 7) is 7.04. The van der Waals surface area contributed by atoms with Crippen LogP contribution in [0, 0.1) is 5.41 Å². The van der Waals surface area contributed by atoms with Gasteiger partial charge in [0.05, 0.1) is 5.41 Å². The van der Waals surface area contributed by atoms with Gasteiger partial charge in [0.1, 0.15) is 0 Å². The second kappa shape index (κ2) is 9.21. The summed E-state index contributed by atoms with van der Waals surface area (Å²) < 4.78 is 0. The molecule has 154 valence electrons. The van der Waals surface area contributed by atoms with E-state index in [2.05, 4.69) is 22.4 Å². The molecule has 1 saturated heterocycles. The molecule has 1 aromatic carbocycles. The summed E-state index contributed by atoms with van der Waals surface area (Å²) >= 11 is 0. The minimum atomic E-state index is -0.619. The summed E-state index contributed by atoms with van der Waals surface area (Å²) in [6.07, 6.45) is 6.30. The number of benzene rings is 1. The third-order valence-corrected chi connectivity index (χ3v) is 5.65. The van der Waals surface area contributed by atoms with Gasteiger partial charge in [-0.15, -0.1) is 0 Å². The van der Waals surface area contributed by atoms with E-state index in [0.29, 0.717) is 19.4 Å². The number of piperidine rings is 1. The summed E-state index contributed by atoms with van der Waals surface area (Å²) in [5, 5.41) is 3.12. The molecule has 2 heterocycles. The Kier molecular flexibility index (Phi) is 6.68. The molecule has 0 aliphatic carbocycles. The number of aromatic nitrogens is 1. The first-order valence-corrected chi connectivity index (χ1v) is 10.5. The highest BCUT2D eigenvalue weighted by molar-refractivity contribution is 5.85. The van der Waals surface area contributed by atoms with Crippen molar-refractivity contribution in [1.82, 2.24) is 15.2 Å². The van der Waals surface area contributed by atoms with Crippen LogP contribution in [0.2, 0.25) is 0 Å². The van der Waals surface area contributed by atoms with E-state index in [-0.39, 0.29) is 17.9 Å². The van der Waals surface area contributed by atoms with E-state index in [1.807, 2.05) is 56.1 Å². The third kappa shape index (κ3) is 4.84. The monoisotopic (exact) mass is 393 g/mol. The van der Waals surface area contributed by atoms with E-state index < -0.39 is 5.41 Å². The van der Waals surface area contributed by atoms with Crippen LogP contribution in [0.5, 0.6) is 0 Å². The van der Waals surface area contributed by atoms with Crippen molar-refractivity contribution in [3.05, 3.63) is 54.4 Å². The van der Waals surface area contributed by atoms with Crippen LogP contribution >= 0.6 is 0 Å². The molecular weight excluding hydrogens is 362 g/mol. The molecule has 2 aromatic rings. The standard InChI is InChI=1S/C24H31N3O2/c1-4-22(28)27-14-8-12-24(17-27,23(29)26-18(2)3)15-19-9-5-6-11-21(19)20-10-7-13-25-16-20/h5-7,9-11,13,16,18H,4,8,12,14-15,17H2,1-3H3,(H,26,29)/t24-/m1/s1. The second-order valence-corrected chi connectivity index (χ2v) is 8.26. The Hall–Kier alpha value is -2.69. The molecule has 3 rings (SSSR count). The maximum atomic E-state index is 13.4. The normalized spacial score (nSPS) is 19.2. The largest absolute Gasteiger partial charge is 0.353 e. The predicted molar refractivity (Wildman–Crippen MR) is 115 cm³/mol. The topological polar surface area (TPSA) is 62.3 Å². The lowest BCUT2D eigenvalue weighted by Crippen LogP contribution is -2.55. The summed E-state index contributed by atoms with van der Waals surface area (Å²) in [4.78, 5) is 31.9. The van der Waals surface area contributed by atoms with Gasteiger partial charge in [0.25, 0.3) is 0 Å². The van der Waals surface area contributed by atoms with E-state index in [4.69, 9.17) is 0 Å². The van der Waals surface area contributed by atoms with Crippen LogP contribution in [0.25, 0.3) is 11.1 Å². The fraction of sp³-hybridized carbons (Fsp3) is 0.458. The Bertz CT molecular complexity index is 850. The lowest BCUT2D eigenvalue weighted by Gasteiger charge is -2.42. The van der Waals surface area contributed by atoms with Crippen molar-refractivity contribution in [2.24, 2.45) is 5.41 Å². The number of amides is 2. The number of rotatable bonds is 6. The average molecular weight is 394 g/mol. The van der Waals surface area contributed by atoms with Crippen molar-refractivity contribution >= 4 is 11.8 Å². The zero-order valence-corrected chi connectivity index (χ0v) is 17.6. The van der Waals surface area contributed by atoms with Gasteiger partial charge >= 0.3 is 0 Å². The number of hydrogen-bond acceptors (Lipinski definition) is 3. The minimum Gasteiger partial charge on any atom is -0.353 e. The van der Waals surface area contributed by atoms with E-state index in [1.165, 1.54) is 0 Å². The third-order valence-electron chi connectivity index (χ3n) is 5.65. The molecule has 5 nitrogen and oxygen atoms in total. The predicted octanol–water partition coefficient (Wildman–Crippen LogP) is 3.83. The molecule has 1 fully saturated rings. The van der Waals surface area contributed by atoms with Gasteiger partial charge in [-0.3, -0.25) is 14.6 Å². The Morgan fingerprint density at radius 1 is 1.21 bits per heavy atom. The quantitative estimate of drug-likeness (QED) is 0.811. The van der Waals surface area contributed by atoms with Gasteiger partial charge in [0.2, 0.25) is 11.8 Å². The fourth-order valence-corrected chi connectivity index (χ4v) is 4.24. The van der Waals surface area contributed by atoms with Gasteiger partial charge in [0, 0.05) is 43.5 Å². The highest BCUT2D eigenvalue weighted by atomic mass is 16.2. The molecule has 5 heteroatoms. The van der Waals surface area contributed by atoms with Gasteiger partial charge in [-0.2, -0.15) is 0 Å². The summed E-state index contributed by atoms with van der Waals surface area (Å²) in [5.74, 6) is 0.161. The molecule has 2 amide bonds. The fourth-order valence-electron chi connectivity index (χ4n) is 4.24. The van der Waals surface area contributed by atoms with E-state index in [1.54, 1.807) is 6.20 Å². The summed E-state index contributed by atoms with van der Waals surface area (Å²) in [6, 6.07) is 12.2. The van der Waals surface area contributed by atoms with Crippen LogP contribution in [-0.2, 0) is 16.0 Å². The first-order valence-electron chi connectivity index (χ1n) is 10.5. The van der Waals surface area contributed by atoms with Crippen molar-refractivity contribution in [3.63, 3.8) is 0 Å². The summed E-state index contributed by atoms with van der Waals surface area (Å²) in [5.41, 5.74) is 2.63. The van der Waals surface area contributed by atoms with Crippen LogP contribution in [0.4, 0.5) is 0 Å². The van der Waals surface area contributed by atoms with Crippen LogP contribution in [0.1, 0.15) is 45.6 Å². The van der Waals surface area contributed by atoms with Crippen molar-refractivity contribution in [3.8, 4) is 11.1 Å². The molecule has 0 spiro atoms. The highest BCUT2D eigenvalue weighted by Gasteiger charge is 2.43. The van der Waals surface area contributed by atoms with Crippen molar-refractivity contribution < 1.29 is 9.59 Å². The maximum Gasteiger partial charge on any atom is 0.228 e. The molecule has 1 aliphatic rings. The Morgan fingerprint density at radius 3 is 2.69 bits per heavy atom. The maximum absolute atomic E-state index is 13.4. The average Bonchev–Trinajstić information content (AvgIpc) is 2.74. The number of carbonyl (C=O) groups excluding carboxylic acids is 2. The van der Waals surface area contributed by atoms with Crippen LogP contribution < -0.4 is 5.32 Å². The lowest BCUT2D eigenvalue weighted by atomic mass is 9.73. The molecule has 0 bridgehead atoms. The first kappa shape index (κ1) is 21.0. The number of nitrogens with one attached hydrogen (secondary N) is 1. The number of nitrogens with zero attached hydrogens (tertiary/aromatic N) is 2. The molecule has 0 radical (unpaired) electrons. The molecule has 0 saturated carbocycles. The van der Waals surface area contributed by atoms with E-state index in [0.717, 1.165) is 36.1 Å². The van der Waals surface area contributed by atoms with Crippen molar-refractivity contribution in [2.45, 2.75) is 52.5 Å². The van der Waals surface area contributed by atoms with E-state index in [9.17, 15) is 9.59 Å². The molecule has 0 unspecified atom stereocenters. The molecule has 1 atom stereocenters. The minimum absolute atomic E-state index is 0.0436. The molecule has 1 N–H and O–H groups in total. The molecule has 29 heavy (non-hydrogen) atoms. The zero-order chi connectivity index (χ0) is 20.9. The number of hydrogen-bond donors (Lipinski definition) is 1. The van der Waals surface area contributed by atoms with E-state index >= 15 is 0 Å². The SMILES string of the molecule is CCC(=O)N1CCC[C@](Cc2ccccc2-c2cccnc2)(C(=O)NC(C)C)C1. The molecule has 1 aliphatic heterocycles. The van der Waals surface area contributed by atoms with Gasteiger partial charge in [0.15, 0.2) is 0 Å². The highest BCUT2D eigenvalue weighted by Crippen LogP contribution is 2.37. The number of carbonyl (C=O) groups is 2. The summed E-state index contributed by atoms with van der Waals surface area (Å²) in [7, 11) is 0. The molecule has 1 aromatic heterocycles. The van der Waals surface area contributed by atoms with Crippen LogP contribution in [0.3, 0.4) is 0 Å². The smallest absolute Gasteiger partial charge is 0.228 e. The zero-order valence-electron chi connectivity index (χ0n) is 17.6. The number of pyridine rings is 1. The van der Waals surface area contributed by atoms with Crippen LogP contribution in [0.15, 0.2) is 48.8 Å². The van der Waals surface area contributed by atoms with Gasteiger partial charge in [-0.05, 0) is 50.3 Å². The van der Waals surface area contributed by atoms with Gasteiger partial charge in [-0.25, -0.2) is 0 Å². The molecular formula is C24H31N3O2. The van der Waals surface area contributed by atoms with Crippen molar-refractivity contribution in [2.75, 3.05) is 13.1 Å². The Labute approximate surface area is 173 Å².